The number of Topliss-reactive ketones (excluding diaryl/α,β-unsaturated/α-hetero) is 1. The molecule has 7 heteroatoms. The van der Waals surface area contributed by atoms with E-state index in [4.69, 9.17) is 4.74 Å². The Balaban J connectivity index is 1.82. The molecule has 0 saturated heterocycles. The summed E-state index contributed by atoms with van der Waals surface area (Å²) in [6.07, 6.45) is 0.481. The molecule has 1 unspecified atom stereocenters. The Morgan fingerprint density at radius 2 is 1.76 bits per heavy atom. The first-order valence-electron chi connectivity index (χ1n) is 7.53. The number of aromatic nitrogens is 1. The van der Waals surface area contributed by atoms with Crippen molar-refractivity contribution in [2.24, 2.45) is 0 Å². The van der Waals surface area contributed by atoms with Crippen molar-refractivity contribution in [2.45, 2.75) is 13.0 Å². The second-order valence-corrected chi connectivity index (χ2v) is 5.43. The fraction of sp³-hybridized carbons (Fsp3) is 0.111. The number of nitrogens with one attached hydrogen (secondary N) is 1. The molecule has 0 aliphatic carbocycles. The van der Waals surface area contributed by atoms with E-state index < -0.39 is 17.0 Å². The molecule has 0 aliphatic rings. The fourth-order valence-electron chi connectivity index (χ4n) is 2.58. The third-order valence-electron chi connectivity index (χ3n) is 3.83. The van der Waals surface area contributed by atoms with Crippen molar-refractivity contribution in [1.29, 1.82) is 0 Å². The predicted molar refractivity (Wildman–Crippen MR) is 90.6 cm³/mol. The number of nitro benzene ring substituents is 1. The molecule has 0 fully saturated rings. The molecule has 0 bridgehead atoms. The fourth-order valence-corrected chi connectivity index (χ4v) is 2.58. The Kier molecular flexibility index (Phi) is 4.30. The minimum absolute atomic E-state index is 0.189. The lowest BCUT2D eigenvalue weighted by Gasteiger charge is -2.12. The lowest BCUT2D eigenvalue weighted by Crippen LogP contribution is -2.24. The number of rotatable bonds is 5. The molecule has 0 amide bonds. The normalized spacial score (nSPS) is 11.9. The van der Waals surface area contributed by atoms with Gasteiger partial charge < -0.3 is 9.72 Å². The summed E-state index contributed by atoms with van der Waals surface area (Å²) < 4.78 is 5.15. The van der Waals surface area contributed by atoms with Crippen LogP contribution in [0.25, 0.3) is 10.9 Å². The predicted octanol–water partition coefficient (Wildman–Crippen LogP) is 3.50. The molecular weight excluding hydrogens is 324 g/mol. The first-order chi connectivity index (χ1) is 12.0. The minimum atomic E-state index is -1.08. The number of ketones is 1. The third kappa shape index (κ3) is 3.12. The van der Waals surface area contributed by atoms with Gasteiger partial charge in [0.2, 0.25) is 5.78 Å². The summed E-state index contributed by atoms with van der Waals surface area (Å²) in [6.45, 7) is 1.44. The maximum Gasteiger partial charge on any atom is 0.345 e. The molecule has 3 rings (SSSR count). The Labute approximate surface area is 142 Å². The molecule has 1 atom stereocenters. The van der Waals surface area contributed by atoms with Gasteiger partial charge in [-0.1, -0.05) is 30.3 Å². The molecule has 7 nitrogen and oxygen atoms in total. The number of ether oxygens (including phenoxy) is 1. The van der Waals surface area contributed by atoms with Crippen LogP contribution in [0.15, 0.2) is 54.7 Å². The number of fused-ring (bicyclic) bond motifs is 1. The molecule has 0 saturated carbocycles. The standard InChI is InChI=1S/C18H14N2O5/c1-11(17(21)14-10-19-15-8-4-2-6-12(14)15)25-18(22)13-7-3-5-9-16(13)20(23)24/h2-11,19H,1H3. The molecule has 2 aromatic carbocycles. The maximum absolute atomic E-state index is 12.6. The Bertz CT molecular complexity index is 976. The summed E-state index contributed by atoms with van der Waals surface area (Å²) in [5.74, 6) is -1.29. The Morgan fingerprint density at radius 1 is 1.08 bits per heavy atom. The van der Waals surface area contributed by atoms with E-state index in [1.54, 1.807) is 18.3 Å². The summed E-state index contributed by atoms with van der Waals surface area (Å²) in [4.78, 5) is 38.1. The number of esters is 1. The largest absolute Gasteiger partial charge is 0.450 e. The van der Waals surface area contributed by atoms with Crippen molar-refractivity contribution >= 4 is 28.3 Å². The summed E-state index contributed by atoms with van der Waals surface area (Å²) >= 11 is 0. The summed E-state index contributed by atoms with van der Waals surface area (Å²) in [5.41, 5.74) is 0.645. The highest BCUT2D eigenvalue weighted by Gasteiger charge is 2.26. The van der Waals surface area contributed by atoms with Gasteiger partial charge in [0.1, 0.15) is 5.56 Å². The van der Waals surface area contributed by atoms with Gasteiger partial charge in [-0.15, -0.1) is 0 Å². The van der Waals surface area contributed by atoms with Gasteiger partial charge in [0.15, 0.2) is 6.10 Å². The van der Waals surface area contributed by atoms with Crippen LogP contribution in [0.4, 0.5) is 5.69 Å². The number of carbonyl (C=O) groups is 2. The number of hydrogen-bond donors (Lipinski definition) is 1. The van der Waals surface area contributed by atoms with Gasteiger partial charge in [-0.25, -0.2) is 4.79 Å². The number of benzene rings is 2. The summed E-state index contributed by atoms with van der Waals surface area (Å²) in [6, 6.07) is 12.7. The van der Waals surface area contributed by atoms with Gasteiger partial charge in [0, 0.05) is 28.7 Å². The van der Waals surface area contributed by atoms with E-state index in [1.807, 2.05) is 12.1 Å². The van der Waals surface area contributed by atoms with Crippen LogP contribution in [0, 0.1) is 10.1 Å². The van der Waals surface area contributed by atoms with Gasteiger partial charge in [0.25, 0.3) is 5.69 Å². The lowest BCUT2D eigenvalue weighted by atomic mass is 10.1. The second-order valence-electron chi connectivity index (χ2n) is 5.43. The number of nitrogens with zero attached hydrogens (tertiary/aromatic N) is 1. The van der Waals surface area contributed by atoms with Crippen molar-refractivity contribution in [3.05, 3.63) is 76.0 Å². The average molecular weight is 338 g/mol. The number of para-hydroxylation sites is 2. The van der Waals surface area contributed by atoms with Crippen LogP contribution in [-0.4, -0.2) is 27.8 Å². The molecule has 0 radical (unpaired) electrons. The van der Waals surface area contributed by atoms with Gasteiger partial charge in [-0.2, -0.15) is 0 Å². The number of hydrogen-bond acceptors (Lipinski definition) is 5. The van der Waals surface area contributed by atoms with Crippen molar-refractivity contribution < 1.29 is 19.2 Å². The van der Waals surface area contributed by atoms with Crippen molar-refractivity contribution in [3.63, 3.8) is 0 Å². The van der Waals surface area contributed by atoms with Crippen molar-refractivity contribution in [3.8, 4) is 0 Å². The number of nitro groups is 1. The number of carbonyl (C=O) groups excluding carboxylic acids is 2. The smallest absolute Gasteiger partial charge is 0.345 e. The zero-order chi connectivity index (χ0) is 18.0. The van der Waals surface area contributed by atoms with Gasteiger partial charge in [-0.05, 0) is 19.1 Å². The third-order valence-corrected chi connectivity index (χ3v) is 3.83. The molecule has 1 heterocycles. The Morgan fingerprint density at radius 3 is 2.52 bits per heavy atom. The first kappa shape index (κ1) is 16.4. The van der Waals surface area contributed by atoms with Crippen LogP contribution in [0.5, 0.6) is 0 Å². The molecule has 126 valence electrons. The van der Waals surface area contributed by atoms with Crippen LogP contribution >= 0.6 is 0 Å². The van der Waals surface area contributed by atoms with Gasteiger partial charge in [-0.3, -0.25) is 14.9 Å². The lowest BCUT2D eigenvalue weighted by molar-refractivity contribution is -0.385. The highest BCUT2D eigenvalue weighted by Crippen LogP contribution is 2.22. The average Bonchev–Trinajstić information content (AvgIpc) is 3.05. The Hall–Kier alpha value is -3.48. The van der Waals surface area contributed by atoms with E-state index in [0.29, 0.717) is 5.56 Å². The SMILES string of the molecule is CC(OC(=O)c1ccccc1[N+](=O)[O-])C(=O)c1c[nH]c2ccccc12. The zero-order valence-electron chi connectivity index (χ0n) is 13.3. The number of H-pyrrole nitrogens is 1. The molecule has 1 N–H and O–H groups in total. The van der Waals surface area contributed by atoms with Crippen LogP contribution in [0.1, 0.15) is 27.6 Å². The van der Waals surface area contributed by atoms with Crippen LogP contribution in [0.2, 0.25) is 0 Å². The molecule has 1 aromatic heterocycles. The molecule has 0 aliphatic heterocycles. The highest BCUT2D eigenvalue weighted by molar-refractivity contribution is 6.10. The van der Waals surface area contributed by atoms with Crippen LogP contribution in [0.3, 0.4) is 0 Å². The topological polar surface area (TPSA) is 102 Å². The molecule has 3 aromatic rings. The van der Waals surface area contributed by atoms with Gasteiger partial charge >= 0.3 is 5.97 Å². The molecular formula is C18H14N2O5. The van der Waals surface area contributed by atoms with Crippen LogP contribution in [-0.2, 0) is 4.74 Å². The molecule has 0 spiro atoms. The molecule has 25 heavy (non-hydrogen) atoms. The monoisotopic (exact) mass is 338 g/mol. The minimum Gasteiger partial charge on any atom is -0.450 e. The van der Waals surface area contributed by atoms with Crippen molar-refractivity contribution in [2.75, 3.05) is 0 Å². The van der Waals surface area contributed by atoms with E-state index in [9.17, 15) is 19.7 Å². The highest BCUT2D eigenvalue weighted by atomic mass is 16.6. The number of aromatic amines is 1. The maximum atomic E-state index is 12.6. The van der Waals surface area contributed by atoms with Crippen molar-refractivity contribution in [1.82, 2.24) is 4.98 Å². The zero-order valence-corrected chi connectivity index (χ0v) is 13.3. The van der Waals surface area contributed by atoms with E-state index in [1.165, 1.54) is 31.2 Å². The van der Waals surface area contributed by atoms with Crippen LogP contribution < -0.4 is 0 Å². The summed E-state index contributed by atoms with van der Waals surface area (Å²) in [7, 11) is 0. The van der Waals surface area contributed by atoms with E-state index >= 15 is 0 Å². The van der Waals surface area contributed by atoms with E-state index in [2.05, 4.69) is 4.98 Å². The second kappa shape index (κ2) is 6.56. The summed E-state index contributed by atoms with van der Waals surface area (Å²) in [5, 5.41) is 11.7. The van der Waals surface area contributed by atoms with E-state index in [0.717, 1.165) is 10.9 Å². The quantitative estimate of drug-likeness (QED) is 0.332. The van der Waals surface area contributed by atoms with E-state index in [-0.39, 0.29) is 17.0 Å². The van der Waals surface area contributed by atoms with Gasteiger partial charge in [0.05, 0.1) is 4.92 Å². The first-order valence-corrected chi connectivity index (χ1v) is 7.53.